The molecule has 0 saturated carbocycles. The number of aromatic nitrogens is 1. The van der Waals surface area contributed by atoms with E-state index in [1.165, 1.54) is 16.9 Å². The fourth-order valence-corrected chi connectivity index (χ4v) is 7.33. The molecule has 4 atom stereocenters. The highest BCUT2D eigenvalue weighted by Gasteiger charge is 2.53. The van der Waals surface area contributed by atoms with Crippen molar-refractivity contribution < 1.29 is 14.4 Å². The minimum absolute atomic E-state index is 0.0129. The van der Waals surface area contributed by atoms with Crippen molar-refractivity contribution in [2.45, 2.75) is 68.8 Å². The van der Waals surface area contributed by atoms with Crippen LogP contribution in [0.15, 0.2) is 46.9 Å². The number of hydrogen-bond donors (Lipinski definition) is 3. The zero-order valence-electron chi connectivity index (χ0n) is 21.7. The molecule has 1 aromatic carbocycles. The Bertz CT molecular complexity index is 1140. The van der Waals surface area contributed by atoms with Crippen LogP contribution in [0.1, 0.15) is 60.8 Å². The average molecular weight is 557 g/mol. The number of carbonyl (C=O) groups excluding carboxylic acids is 3. The maximum Gasteiger partial charge on any atom is 0.244 e. The zero-order valence-corrected chi connectivity index (χ0v) is 23.3. The number of carbonyl (C=O) groups is 3. The van der Waals surface area contributed by atoms with Gasteiger partial charge < -0.3 is 21.7 Å². The molecule has 1 unspecified atom stereocenters. The molecule has 2 fully saturated rings. The minimum atomic E-state index is -0.763. The van der Waals surface area contributed by atoms with Gasteiger partial charge in [-0.25, -0.2) is 4.98 Å². The number of piperidine rings is 1. The normalized spacial score (nSPS) is 23.5. The highest BCUT2D eigenvalue weighted by atomic mass is 32.2. The number of thioether (sulfide) groups is 1. The number of amides is 2. The number of nitrogens with two attached hydrogens (primary N) is 2. The Morgan fingerprint density at radius 1 is 1.26 bits per heavy atom. The van der Waals surface area contributed by atoms with Crippen molar-refractivity contribution in [3.63, 3.8) is 0 Å². The number of fused-ring (bicyclic) bond motifs is 1. The summed E-state index contributed by atoms with van der Waals surface area (Å²) in [5, 5.41) is 5.02. The largest absolute Gasteiger partial charge is 0.370 e. The summed E-state index contributed by atoms with van der Waals surface area (Å²) in [5.41, 5.74) is 12.1. The van der Waals surface area contributed by atoms with E-state index in [0.717, 1.165) is 32.1 Å². The molecule has 204 valence electrons. The maximum atomic E-state index is 13.7. The Balaban J connectivity index is 1.41. The molecule has 1 aromatic heterocycles. The van der Waals surface area contributed by atoms with Gasteiger partial charge in [0.1, 0.15) is 6.04 Å². The number of ketones is 1. The van der Waals surface area contributed by atoms with E-state index in [0.29, 0.717) is 30.1 Å². The first-order chi connectivity index (χ1) is 18.3. The minimum Gasteiger partial charge on any atom is -0.370 e. The van der Waals surface area contributed by atoms with Crippen LogP contribution in [-0.2, 0) is 16.0 Å². The Hall–Kier alpha value is -2.92. The van der Waals surface area contributed by atoms with E-state index in [-0.39, 0.29) is 29.5 Å². The van der Waals surface area contributed by atoms with E-state index in [1.807, 2.05) is 18.2 Å². The molecule has 5 N–H and O–H groups in total. The zero-order chi connectivity index (χ0) is 27.1. The molecule has 2 aliphatic heterocycles. The van der Waals surface area contributed by atoms with Crippen LogP contribution >= 0.6 is 23.1 Å². The summed E-state index contributed by atoms with van der Waals surface area (Å²) < 4.78 is 0. The van der Waals surface area contributed by atoms with Crippen molar-refractivity contribution in [1.29, 1.82) is 0 Å². The van der Waals surface area contributed by atoms with Gasteiger partial charge in [0.2, 0.25) is 17.6 Å². The van der Waals surface area contributed by atoms with Gasteiger partial charge in [-0.1, -0.05) is 30.3 Å². The number of nitrogens with zero attached hydrogens (tertiary/aromatic N) is 3. The molecule has 2 saturated heterocycles. The third kappa shape index (κ3) is 6.74. The third-order valence-electron chi connectivity index (χ3n) is 7.30. The molecule has 38 heavy (non-hydrogen) atoms. The first-order valence-electron chi connectivity index (χ1n) is 13.1. The van der Waals surface area contributed by atoms with Crippen LogP contribution < -0.4 is 16.8 Å². The molecule has 11 heteroatoms. The number of aryl methyl sites for hydroxylation is 1. The number of thiazole rings is 1. The molecule has 0 aliphatic carbocycles. The SMILES string of the molecule is C[C@]12CC[C@@H](CCCc3ccccc3)C(=O)N1[C@H](C(=O)NC(CCCN=C(N)N)C(=O)c1nccs1)CS2. The summed E-state index contributed by atoms with van der Waals surface area (Å²) in [6.45, 7) is 2.41. The lowest BCUT2D eigenvalue weighted by molar-refractivity contribution is -0.149. The monoisotopic (exact) mass is 556 g/mol. The molecule has 4 rings (SSSR count). The Morgan fingerprint density at radius 3 is 2.76 bits per heavy atom. The Kier molecular flexibility index (Phi) is 9.43. The van der Waals surface area contributed by atoms with Gasteiger partial charge in [-0.15, -0.1) is 23.1 Å². The van der Waals surface area contributed by atoms with Gasteiger partial charge in [0, 0.05) is 29.8 Å². The van der Waals surface area contributed by atoms with Gasteiger partial charge in [-0.2, -0.15) is 0 Å². The highest BCUT2D eigenvalue weighted by Crippen LogP contribution is 2.48. The second-order valence-corrected chi connectivity index (χ2v) is 12.4. The number of nitrogens with one attached hydrogen (secondary N) is 1. The highest BCUT2D eigenvalue weighted by molar-refractivity contribution is 8.00. The predicted molar refractivity (Wildman–Crippen MR) is 152 cm³/mol. The third-order valence-corrected chi connectivity index (χ3v) is 9.59. The lowest BCUT2D eigenvalue weighted by Gasteiger charge is -2.44. The molecule has 2 aromatic rings. The van der Waals surface area contributed by atoms with Crippen LogP contribution in [0.3, 0.4) is 0 Å². The van der Waals surface area contributed by atoms with Crippen LogP contribution in [0.4, 0.5) is 0 Å². The summed E-state index contributed by atoms with van der Waals surface area (Å²) in [4.78, 5) is 49.9. The van der Waals surface area contributed by atoms with Gasteiger partial charge in [-0.3, -0.25) is 19.4 Å². The summed E-state index contributed by atoms with van der Waals surface area (Å²) in [5.74, 6) is -0.0788. The van der Waals surface area contributed by atoms with Crippen LogP contribution in [0, 0.1) is 5.92 Å². The van der Waals surface area contributed by atoms with E-state index in [2.05, 4.69) is 34.3 Å². The molecule has 9 nitrogen and oxygen atoms in total. The lowest BCUT2D eigenvalue weighted by Crippen LogP contribution is -2.59. The van der Waals surface area contributed by atoms with Crippen molar-refractivity contribution in [1.82, 2.24) is 15.2 Å². The van der Waals surface area contributed by atoms with E-state index in [9.17, 15) is 14.4 Å². The van der Waals surface area contributed by atoms with Gasteiger partial charge in [-0.05, 0) is 57.4 Å². The molecule has 3 heterocycles. The van der Waals surface area contributed by atoms with Crippen molar-refractivity contribution >= 4 is 46.7 Å². The molecule has 0 radical (unpaired) electrons. The summed E-state index contributed by atoms with van der Waals surface area (Å²) in [6.07, 6.45) is 6.80. The Labute approximate surface area is 231 Å². The standard InChI is InChI=1S/C27H36N6O3S2/c1-27-13-12-19(10-5-9-18-7-3-2-4-8-18)25(36)33(27)21(17-38-27)23(35)32-20(11-6-14-31-26(28)29)22(34)24-30-15-16-37-24/h2-4,7-8,15-16,19-21H,5-6,9-14,17H2,1H3,(H,32,35)(H4,28,29,31)/t19-,20?,21+,27+/m1/s1. The van der Waals surface area contributed by atoms with E-state index in [4.69, 9.17) is 11.5 Å². The van der Waals surface area contributed by atoms with Gasteiger partial charge >= 0.3 is 0 Å². The predicted octanol–water partition coefficient (Wildman–Crippen LogP) is 2.96. The van der Waals surface area contributed by atoms with Gasteiger partial charge in [0.25, 0.3) is 0 Å². The van der Waals surface area contributed by atoms with Crippen LogP contribution in [0.2, 0.25) is 0 Å². The fraction of sp³-hybridized carbons (Fsp3) is 0.519. The van der Waals surface area contributed by atoms with Crippen LogP contribution in [0.25, 0.3) is 0 Å². The second kappa shape index (κ2) is 12.8. The topological polar surface area (TPSA) is 144 Å². The van der Waals surface area contributed by atoms with Crippen molar-refractivity contribution in [3.05, 3.63) is 52.5 Å². The Morgan fingerprint density at radius 2 is 2.05 bits per heavy atom. The molecule has 2 amide bonds. The number of rotatable bonds is 12. The van der Waals surface area contributed by atoms with Crippen LogP contribution in [0.5, 0.6) is 0 Å². The van der Waals surface area contributed by atoms with Gasteiger partial charge in [0.15, 0.2) is 11.0 Å². The fourth-order valence-electron chi connectivity index (χ4n) is 5.27. The van der Waals surface area contributed by atoms with Crippen LogP contribution in [-0.4, -0.2) is 62.7 Å². The number of guanidine groups is 1. The quantitative estimate of drug-likeness (QED) is 0.158. The first-order valence-corrected chi connectivity index (χ1v) is 15.0. The first kappa shape index (κ1) is 28.1. The molecule has 0 bridgehead atoms. The number of hydrogen-bond acceptors (Lipinski definition) is 7. The van der Waals surface area contributed by atoms with E-state index >= 15 is 0 Å². The van der Waals surface area contributed by atoms with E-state index < -0.39 is 17.0 Å². The summed E-state index contributed by atoms with van der Waals surface area (Å²) >= 11 is 2.89. The second-order valence-electron chi connectivity index (χ2n) is 10.0. The summed E-state index contributed by atoms with van der Waals surface area (Å²) in [6, 6.07) is 8.91. The number of Topliss-reactive ketones (excluding diaryl/α,β-unsaturated/α-hetero) is 1. The molecular weight excluding hydrogens is 520 g/mol. The summed E-state index contributed by atoms with van der Waals surface area (Å²) in [7, 11) is 0. The van der Waals surface area contributed by atoms with Crippen molar-refractivity contribution in [3.8, 4) is 0 Å². The molecular formula is C27H36N6O3S2. The van der Waals surface area contributed by atoms with E-state index in [1.54, 1.807) is 28.2 Å². The number of aliphatic imine (C=N–C) groups is 1. The smallest absolute Gasteiger partial charge is 0.244 e. The van der Waals surface area contributed by atoms with Crippen molar-refractivity contribution in [2.24, 2.45) is 22.4 Å². The van der Waals surface area contributed by atoms with Crippen molar-refractivity contribution in [2.75, 3.05) is 12.3 Å². The molecule has 2 aliphatic rings. The van der Waals surface area contributed by atoms with Gasteiger partial charge in [0.05, 0.1) is 10.9 Å². The lowest BCUT2D eigenvalue weighted by atomic mass is 9.87. The average Bonchev–Trinajstić information content (AvgIpc) is 3.56. The maximum absolute atomic E-state index is 13.7. The number of benzene rings is 1. The molecule has 0 spiro atoms.